The number of hydrogen-bond donors (Lipinski definition) is 2. The van der Waals surface area contributed by atoms with Gasteiger partial charge in [-0.3, -0.25) is 0 Å². The zero-order valence-corrected chi connectivity index (χ0v) is 10.8. The van der Waals surface area contributed by atoms with Crippen molar-refractivity contribution in [3.63, 3.8) is 0 Å². The van der Waals surface area contributed by atoms with E-state index in [-0.39, 0.29) is 11.1 Å². The molecular weight excluding hydrogens is 267 g/mol. The second-order valence-electron chi connectivity index (χ2n) is 4.33. The van der Waals surface area contributed by atoms with Crippen LogP contribution in [0.1, 0.15) is 11.3 Å². The predicted octanol–water partition coefficient (Wildman–Crippen LogP) is 2.66. The Morgan fingerprint density at radius 1 is 1.21 bits per heavy atom. The van der Waals surface area contributed by atoms with Crippen LogP contribution in [-0.4, -0.2) is 16.5 Å². The average Bonchev–Trinajstić information content (AvgIpc) is 2.41. The summed E-state index contributed by atoms with van der Waals surface area (Å²) < 4.78 is 12.9. The number of aromatic nitrogens is 2. The molecule has 0 fully saturated rings. The van der Waals surface area contributed by atoms with E-state index in [0.717, 1.165) is 29.9 Å². The van der Waals surface area contributed by atoms with Crippen molar-refractivity contribution in [2.24, 2.45) is 0 Å². The van der Waals surface area contributed by atoms with Gasteiger partial charge in [0.25, 0.3) is 0 Å². The van der Waals surface area contributed by atoms with Crippen LogP contribution in [0.15, 0.2) is 24.3 Å². The average molecular weight is 279 g/mol. The first kappa shape index (κ1) is 12.3. The van der Waals surface area contributed by atoms with Gasteiger partial charge >= 0.3 is 0 Å². The highest BCUT2D eigenvalue weighted by atomic mass is 35.5. The van der Waals surface area contributed by atoms with Crippen LogP contribution in [0.2, 0.25) is 5.28 Å². The molecule has 4 nitrogen and oxygen atoms in total. The van der Waals surface area contributed by atoms with Gasteiger partial charge in [-0.05, 0) is 48.8 Å². The minimum absolute atomic E-state index is 0.215. The Bertz CT molecular complexity index is 600. The monoisotopic (exact) mass is 278 g/mol. The largest absolute Gasteiger partial charge is 0.340 e. The number of rotatable bonds is 2. The third kappa shape index (κ3) is 2.67. The Kier molecular flexibility index (Phi) is 3.31. The second-order valence-corrected chi connectivity index (χ2v) is 4.66. The van der Waals surface area contributed by atoms with Gasteiger partial charge in [-0.1, -0.05) is 0 Å². The maximum atomic E-state index is 12.9. The van der Waals surface area contributed by atoms with Crippen molar-refractivity contribution in [3.8, 4) is 0 Å². The Labute approximate surface area is 115 Å². The van der Waals surface area contributed by atoms with E-state index in [1.807, 2.05) is 0 Å². The molecule has 0 bridgehead atoms. The number of fused-ring (bicyclic) bond motifs is 1. The van der Waals surface area contributed by atoms with Crippen molar-refractivity contribution in [2.45, 2.75) is 13.0 Å². The lowest BCUT2D eigenvalue weighted by atomic mass is 10.1. The maximum Gasteiger partial charge on any atom is 0.224 e. The first-order valence-corrected chi connectivity index (χ1v) is 6.39. The van der Waals surface area contributed by atoms with Crippen molar-refractivity contribution >= 4 is 23.1 Å². The summed E-state index contributed by atoms with van der Waals surface area (Å²) >= 11 is 5.92. The molecule has 2 aromatic rings. The number of hydrogen-bond acceptors (Lipinski definition) is 4. The van der Waals surface area contributed by atoms with Crippen LogP contribution in [0, 0.1) is 5.82 Å². The lowest BCUT2D eigenvalue weighted by Crippen LogP contribution is -2.26. The Hall–Kier alpha value is -1.72. The summed E-state index contributed by atoms with van der Waals surface area (Å²) in [6.45, 7) is 1.58. The molecule has 0 saturated carbocycles. The normalized spacial score (nSPS) is 14.0. The molecule has 1 aliphatic rings. The Balaban J connectivity index is 1.95. The zero-order chi connectivity index (χ0) is 13.2. The standard InChI is InChI=1S/C13H12ClFN4/c14-13-18-11-7-16-6-5-10(11)12(19-13)17-9-3-1-8(15)2-4-9/h1-4,16H,5-7H2,(H,17,18,19). The van der Waals surface area contributed by atoms with Gasteiger partial charge in [0.05, 0.1) is 5.69 Å². The summed E-state index contributed by atoms with van der Waals surface area (Å²) in [5, 5.41) is 6.63. The summed E-state index contributed by atoms with van der Waals surface area (Å²) in [4.78, 5) is 8.45. The Morgan fingerprint density at radius 3 is 2.79 bits per heavy atom. The van der Waals surface area contributed by atoms with E-state index < -0.39 is 0 Å². The first-order chi connectivity index (χ1) is 9.22. The quantitative estimate of drug-likeness (QED) is 0.829. The summed E-state index contributed by atoms with van der Waals surface area (Å²) in [5.74, 6) is 0.431. The first-order valence-electron chi connectivity index (χ1n) is 6.01. The molecule has 0 radical (unpaired) electrons. The lowest BCUT2D eigenvalue weighted by Gasteiger charge is -2.19. The van der Waals surface area contributed by atoms with Crippen LogP contribution in [0.3, 0.4) is 0 Å². The van der Waals surface area contributed by atoms with Crippen LogP contribution in [0.5, 0.6) is 0 Å². The van der Waals surface area contributed by atoms with Gasteiger partial charge in [-0.2, -0.15) is 0 Å². The molecule has 6 heteroatoms. The minimum Gasteiger partial charge on any atom is -0.340 e. The highest BCUT2D eigenvalue weighted by Gasteiger charge is 2.17. The van der Waals surface area contributed by atoms with Crippen molar-refractivity contribution in [1.29, 1.82) is 0 Å². The summed E-state index contributed by atoms with van der Waals surface area (Å²) in [6.07, 6.45) is 0.843. The van der Waals surface area contributed by atoms with E-state index in [0.29, 0.717) is 12.4 Å². The van der Waals surface area contributed by atoms with Gasteiger partial charge in [0.15, 0.2) is 0 Å². The third-order valence-electron chi connectivity index (χ3n) is 3.02. The van der Waals surface area contributed by atoms with E-state index in [4.69, 9.17) is 11.6 Å². The minimum atomic E-state index is -0.266. The molecule has 98 valence electrons. The topological polar surface area (TPSA) is 49.8 Å². The summed E-state index contributed by atoms with van der Waals surface area (Å²) in [7, 11) is 0. The number of benzene rings is 1. The van der Waals surface area contributed by atoms with Gasteiger partial charge in [-0.15, -0.1) is 0 Å². The van der Waals surface area contributed by atoms with Gasteiger partial charge in [0, 0.05) is 17.8 Å². The third-order valence-corrected chi connectivity index (χ3v) is 3.19. The van der Waals surface area contributed by atoms with E-state index in [2.05, 4.69) is 20.6 Å². The molecule has 0 amide bonds. The molecule has 0 atom stereocenters. The fourth-order valence-corrected chi connectivity index (χ4v) is 2.29. The SMILES string of the molecule is Fc1ccc(Nc2nc(Cl)nc3c2CCNC3)cc1. The number of nitrogens with zero attached hydrogens (tertiary/aromatic N) is 2. The molecule has 1 aliphatic heterocycles. The molecule has 0 unspecified atom stereocenters. The highest BCUT2D eigenvalue weighted by Crippen LogP contribution is 2.25. The van der Waals surface area contributed by atoms with Crippen LogP contribution in [0.25, 0.3) is 0 Å². The molecule has 19 heavy (non-hydrogen) atoms. The van der Waals surface area contributed by atoms with Crippen LogP contribution in [-0.2, 0) is 13.0 Å². The molecule has 3 rings (SSSR count). The van der Waals surface area contributed by atoms with E-state index in [1.165, 1.54) is 12.1 Å². The highest BCUT2D eigenvalue weighted by molar-refractivity contribution is 6.28. The van der Waals surface area contributed by atoms with Crippen LogP contribution in [0.4, 0.5) is 15.9 Å². The molecular formula is C13H12ClFN4. The number of halogens is 2. The van der Waals surface area contributed by atoms with E-state index in [1.54, 1.807) is 12.1 Å². The second kappa shape index (κ2) is 5.11. The fraction of sp³-hybridized carbons (Fsp3) is 0.231. The molecule has 2 heterocycles. The fourth-order valence-electron chi connectivity index (χ4n) is 2.10. The molecule has 0 aliphatic carbocycles. The van der Waals surface area contributed by atoms with Gasteiger partial charge in [-0.25, -0.2) is 14.4 Å². The molecule has 2 N–H and O–H groups in total. The van der Waals surface area contributed by atoms with Crippen LogP contribution < -0.4 is 10.6 Å². The van der Waals surface area contributed by atoms with Crippen molar-refractivity contribution < 1.29 is 4.39 Å². The lowest BCUT2D eigenvalue weighted by molar-refractivity contribution is 0.624. The van der Waals surface area contributed by atoms with Gasteiger partial charge in [0.1, 0.15) is 11.6 Å². The maximum absolute atomic E-state index is 12.9. The number of anilines is 2. The summed E-state index contributed by atoms with van der Waals surface area (Å²) in [5.41, 5.74) is 2.75. The van der Waals surface area contributed by atoms with Gasteiger partial charge < -0.3 is 10.6 Å². The van der Waals surface area contributed by atoms with Crippen molar-refractivity contribution in [3.05, 3.63) is 46.6 Å². The Morgan fingerprint density at radius 2 is 2.00 bits per heavy atom. The van der Waals surface area contributed by atoms with Crippen LogP contribution >= 0.6 is 11.6 Å². The van der Waals surface area contributed by atoms with Gasteiger partial charge in [0.2, 0.25) is 5.28 Å². The molecule has 1 aromatic carbocycles. The van der Waals surface area contributed by atoms with Crippen molar-refractivity contribution in [2.75, 3.05) is 11.9 Å². The summed E-state index contributed by atoms with van der Waals surface area (Å²) in [6, 6.07) is 6.13. The zero-order valence-electron chi connectivity index (χ0n) is 10.1. The number of nitrogens with one attached hydrogen (secondary N) is 2. The van der Waals surface area contributed by atoms with E-state index in [9.17, 15) is 4.39 Å². The van der Waals surface area contributed by atoms with E-state index >= 15 is 0 Å². The molecule has 0 saturated heterocycles. The molecule has 0 spiro atoms. The smallest absolute Gasteiger partial charge is 0.224 e. The molecule has 1 aromatic heterocycles. The predicted molar refractivity (Wildman–Crippen MR) is 72.1 cm³/mol. The van der Waals surface area contributed by atoms with Crippen molar-refractivity contribution in [1.82, 2.24) is 15.3 Å².